The van der Waals surface area contributed by atoms with Crippen LogP contribution in [0.2, 0.25) is 25.7 Å². The number of hydrogen-bond donors (Lipinski definition) is 2. The molecule has 0 radical (unpaired) electrons. The first-order valence-corrected chi connectivity index (χ1v) is 14.2. The maximum atomic E-state index is 12.1. The van der Waals surface area contributed by atoms with E-state index in [-0.39, 0.29) is 0 Å². The second-order valence-corrected chi connectivity index (χ2v) is 15.6. The molecule has 31 heavy (non-hydrogen) atoms. The highest BCUT2D eigenvalue weighted by Crippen LogP contribution is 2.28. The molecule has 0 saturated carbocycles. The van der Waals surface area contributed by atoms with Crippen molar-refractivity contribution in [1.29, 1.82) is 0 Å². The lowest BCUT2D eigenvalue weighted by Crippen LogP contribution is -2.27. The van der Waals surface area contributed by atoms with Gasteiger partial charge in [0.15, 0.2) is 0 Å². The first kappa shape index (κ1) is 23.0. The molecule has 9 heteroatoms. The van der Waals surface area contributed by atoms with Crippen molar-refractivity contribution in [3.05, 3.63) is 30.1 Å². The Morgan fingerprint density at radius 2 is 2.03 bits per heavy atom. The van der Waals surface area contributed by atoms with E-state index in [1.54, 1.807) is 6.20 Å². The summed E-state index contributed by atoms with van der Waals surface area (Å²) in [7, 11) is -1.14. The van der Waals surface area contributed by atoms with Gasteiger partial charge in [-0.1, -0.05) is 19.6 Å². The van der Waals surface area contributed by atoms with Crippen LogP contribution in [0.4, 0.5) is 10.7 Å². The summed E-state index contributed by atoms with van der Waals surface area (Å²) in [6, 6.07) is 5.02. The molecule has 1 amide bonds. The number of nitrogens with zero attached hydrogens (tertiary/aromatic N) is 3. The van der Waals surface area contributed by atoms with E-state index in [4.69, 9.17) is 9.47 Å². The van der Waals surface area contributed by atoms with Crippen molar-refractivity contribution < 1.29 is 14.3 Å². The Morgan fingerprint density at radius 3 is 2.71 bits per heavy atom. The van der Waals surface area contributed by atoms with E-state index in [2.05, 4.69) is 56.7 Å². The number of ether oxygens (including phenoxy) is 2. The molecule has 0 unspecified atom stereocenters. The second kappa shape index (κ2) is 8.84. The Kier molecular flexibility index (Phi) is 6.56. The third kappa shape index (κ3) is 6.41. The second-order valence-electron chi connectivity index (χ2n) is 9.99. The summed E-state index contributed by atoms with van der Waals surface area (Å²) in [5.41, 5.74) is 3.64. The maximum absolute atomic E-state index is 12.1. The molecular weight excluding hydrogens is 410 g/mol. The van der Waals surface area contributed by atoms with Gasteiger partial charge in [0.1, 0.15) is 23.5 Å². The Labute approximate surface area is 184 Å². The zero-order valence-electron chi connectivity index (χ0n) is 19.5. The molecule has 0 spiro atoms. The molecule has 0 aliphatic carbocycles. The van der Waals surface area contributed by atoms with Crippen molar-refractivity contribution >= 4 is 31.1 Å². The summed E-state index contributed by atoms with van der Waals surface area (Å²) in [4.78, 5) is 24.4. The molecule has 0 aliphatic rings. The number of nitrogens with one attached hydrogen (secondary N) is 2. The fraction of sp³-hybridized carbons (Fsp3) is 0.500. The molecule has 8 nitrogen and oxygen atoms in total. The standard InChI is InChI=1S/C22H33N5O3Si/c1-15-12-17(27(13-15)14-29-10-11-31(5,6)7)19-18-16(8-9-23-19)24-20(25-18)26-21(28)30-22(2,3)4/h8-9,12-13H,10-11,14H2,1-7H3,(H2,24,25,26,28). The van der Waals surface area contributed by atoms with E-state index >= 15 is 0 Å². The molecule has 3 rings (SSSR count). The average Bonchev–Trinajstić information content (AvgIpc) is 3.18. The minimum absolute atomic E-state index is 0.319. The van der Waals surface area contributed by atoms with Crippen molar-refractivity contribution in [1.82, 2.24) is 19.5 Å². The lowest BCUT2D eigenvalue weighted by molar-refractivity contribution is 0.0635. The van der Waals surface area contributed by atoms with Crippen LogP contribution in [0, 0.1) is 6.92 Å². The monoisotopic (exact) mass is 443 g/mol. The number of carbonyl (C=O) groups excluding carboxylic acids is 1. The number of imidazole rings is 1. The van der Waals surface area contributed by atoms with Gasteiger partial charge < -0.3 is 19.0 Å². The number of hydrogen-bond acceptors (Lipinski definition) is 5. The quantitative estimate of drug-likeness (QED) is 0.377. The molecule has 0 aliphatic heterocycles. The van der Waals surface area contributed by atoms with Gasteiger partial charge in [0, 0.05) is 27.1 Å². The molecule has 0 atom stereocenters. The minimum atomic E-state index is -1.14. The van der Waals surface area contributed by atoms with Crippen molar-refractivity contribution in [3.63, 3.8) is 0 Å². The molecule has 0 aromatic carbocycles. The highest BCUT2D eigenvalue weighted by Gasteiger charge is 2.19. The summed E-state index contributed by atoms with van der Waals surface area (Å²) >= 11 is 0. The van der Waals surface area contributed by atoms with Crippen molar-refractivity contribution in [2.45, 2.75) is 65.7 Å². The third-order valence-corrected chi connectivity index (χ3v) is 6.23. The first-order valence-electron chi connectivity index (χ1n) is 10.5. The van der Waals surface area contributed by atoms with E-state index in [0.29, 0.717) is 18.2 Å². The van der Waals surface area contributed by atoms with E-state index in [1.165, 1.54) is 0 Å². The number of aromatic amines is 1. The molecule has 3 heterocycles. The van der Waals surface area contributed by atoms with Crippen molar-refractivity contribution in [2.75, 3.05) is 11.9 Å². The van der Waals surface area contributed by atoms with Gasteiger partial charge in [-0.15, -0.1) is 0 Å². The van der Waals surface area contributed by atoms with Gasteiger partial charge in [-0.3, -0.25) is 10.3 Å². The van der Waals surface area contributed by atoms with Crippen LogP contribution >= 0.6 is 0 Å². The summed E-state index contributed by atoms with van der Waals surface area (Å²) < 4.78 is 13.3. The zero-order valence-corrected chi connectivity index (χ0v) is 20.5. The Bertz CT molecular complexity index is 1060. The first-order chi connectivity index (χ1) is 14.4. The van der Waals surface area contributed by atoms with E-state index in [0.717, 1.165) is 35.1 Å². The van der Waals surface area contributed by atoms with Gasteiger partial charge in [-0.2, -0.15) is 0 Å². The number of aryl methyl sites for hydroxylation is 1. The van der Waals surface area contributed by atoms with Gasteiger partial charge in [0.25, 0.3) is 0 Å². The number of H-pyrrole nitrogens is 1. The molecule has 0 fully saturated rings. The lowest BCUT2D eigenvalue weighted by atomic mass is 10.2. The van der Waals surface area contributed by atoms with Crippen LogP contribution < -0.4 is 5.32 Å². The fourth-order valence-electron chi connectivity index (χ4n) is 3.09. The molecule has 168 valence electrons. The highest BCUT2D eigenvalue weighted by atomic mass is 28.3. The zero-order chi connectivity index (χ0) is 22.8. The van der Waals surface area contributed by atoms with E-state index in [1.807, 2.05) is 33.8 Å². The van der Waals surface area contributed by atoms with Crippen LogP contribution in [0.5, 0.6) is 0 Å². The number of anilines is 1. The Hall–Kier alpha value is -2.65. The number of carbonyl (C=O) groups is 1. The van der Waals surface area contributed by atoms with E-state index in [9.17, 15) is 4.79 Å². The van der Waals surface area contributed by atoms with Gasteiger partial charge in [-0.25, -0.2) is 9.78 Å². The summed E-state index contributed by atoms with van der Waals surface area (Å²) in [6.45, 7) is 15.7. The average molecular weight is 444 g/mol. The smallest absolute Gasteiger partial charge is 0.414 e. The summed E-state index contributed by atoms with van der Waals surface area (Å²) in [5, 5.41) is 2.66. The Balaban J connectivity index is 1.83. The predicted octanol–water partition coefficient (Wildman–Crippen LogP) is 5.39. The van der Waals surface area contributed by atoms with Gasteiger partial charge in [-0.05, 0) is 51.4 Å². The Morgan fingerprint density at radius 1 is 1.29 bits per heavy atom. The lowest BCUT2D eigenvalue weighted by Gasteiger charge is -2.18. The van der Waals surface area contributed by atoms with Crippen LogP contribution in [0.25, 0.3) is 22.4 Å². The largest absolute Gasteiger partial charge is 0.444 e. The maximum Gasteiger partial charge on any atom is 0.414 e. The van der Waals surface area contributed by atoms with Crippen LogP contribution in [-0.2, 0) is 16.2 Å². The number of fused-ring (bicyclic) bond motifs is 1. The third-order valence-electron chi connectivity index (χ3n) is 4.52. The van der Waals surface area contributed by atoms with Crippen LogP contribution in [0.3, 0.4) is 0 Å². The predicted molar refractivity (Wildman–Crippen MR) is 126 cm³/mol. The molecular formula is C22H33N5O3Si. The minimum Gasteiger partial charge on any atom is -0.444 e. The molecule has 0 bridgehead atoms. The number of aromatic nitrogens is 4. The molecule has 3 aromatic heterocycles. The van der Waals surface area contributed by atoms with Crippen LogP contribution in [-0.4, -0.2) is 45.9 Å². The van der Waals surface area contributed by atoms with E-state index < -0.39 is 19.8 Å². The molecule has 2 N–H and O–H groups in total. The number of rotatable bonds is 7. The van der Waals surface area contributed by atoms with Gasteiger partial charge in [0.05, 0.1) is 11.2 Å². The fourth-order valence-corrected chi connectivity index (χ4v) is 3.84. The summed E-state index contributed by atoms with van der Waals surface area (Å²) in [6.07, 6.45) is 3.22. The summed E-state index contributed by atoms with van der Waals surface area (Å²) in [5.74, 6) is 0.319. The van der Waals surface area contributed by atoms with Crippen LogP contribution in [0.1, 0.15) is 26.3 Å². The SMILES string of the molecule is Cc1cc(-c2nccc3[nH]c(NC(=O)OC(C)(C)C)nc23)n(COCC[Si](C)(C)C)c1. The highest BCUT2D eigenvalue weighted by molar-refractivity contribution is 6.76. The number of pyridine rings is 1. The molecule has 0 saturated heterocycles. The van der Waals surface area contributed by atoms with Gasteiger partial charge >= 0.3 is 6.09 Å². The van der Waals surface area contributed by atoms with Crippen molar-refractivity contribution in [3.8, 4) is 11.4 Å². The van der Waals surface area contributed by atoms with Crippen molar-refractivity contribution in [2.24, 2.45) is 0 Å². The van der Waals surface area contributed by atoms with Crippen LogP contribution in [0.15, 0.2) is 24.5 Å². The van der Waals surface area contributed by atoms with Gasteiger partial charge in [0.2, 0.25) is 5.95 Å². The number of amides is 1. The normalized spacial score (nSPS) is 12.4. The molecule has 3 aromatic rings. The topological polar surface area (TPSA) is 94.1 Å².